The topological polar surface area (TPSA) is 134 Å². The molecular weight excluding hydrogens is 529 g/mol. The van der Waals surface area contributed by atoms with Crippen molar-refractivity contribution in [2.75, 3.05) is 30.9 Å². The zero-order valence-corrected chi connectivity index (χ0v) is 22.1. The van der Waals surface area contributed by atoms with Crippen LogP contribution in [0.15, 0.2) is 59.4 Å². The summed E-state index contributed by atoms with van der Waals surface area (Å²) in [6.45, 7) is 3.75. The number of carbonyl (C=O) groups is 1. The maximum atomic E-state index is 13.6. The van der Waals surface area contributed by atoms with E-state index in [1.165, 1.54) is 30.6 Å². The van der Waals surface area contributed by atoms with Crippen LogP contribution in [0.5, 0.6) is 11.5 Å². The Hall–Kier alpha value is -5.13. The molecular formula is C29H26FN7O4. The summed E-state index contributed by atoms with van der Waals surface area (Å²) in [4.78, 5) is 24.1. The van der Waals surface area contributed by atoms with Gasteiger partial charge in [-0.05, 0) is 62.4 Å². The molecule has 1 amide bonds. The van der Waals surface area contributed by atoms with Crippen LogP contribution in [-0.2, 0) is 0 Å². The number of likely N-dealkylation sites (tertiary alicyclic amines) is 1. The monoisotopic (exact) mass is 555 g/mol. The van der Waals surface area contributed by atoms with Crippen molar-refractivity contribution in [2.24, 2.45) is 0 Å². The minimum atomic E-state index is -0.512. The maximum Gasteiger partial charge on any atom is 0.291 e. The highest BCUT2D eigenvalue weighted by molar-refractivity contribution is 6.06. The first-order valence-corrected chi connectivity index (χ1v) is 13.3. The molecule has 1 fully saturated rings. The number of hydrogen-bond acceptors (Lipinski definition) is 9. The molecule has 2 aromatic carbocycles. The molecule has 0 bridgehead atoms. The van der Waals surface area contributed by atoms with Crippen molar-refractivity contribution in [1.82, 2.24) is 24.6 Å². The first-order valence-electron chi connectivity index (χ1n) is 13.3. The highest BCUT2D eigenvalue weighted by Crippen LogP contribution is 2.48. The van der Waals surface area contributed by atoms with Gasteiger partial charge < -0.3 is 29.8 Å². The van der Waals surface area contributed by atoms with Gasteiger partial charge in [-0.1, -0.05) is 6.08 Å². The number of furan rings is 1. The number of nitrogen functional groups attached to an aromatic ring is 1. The molecule has 1 saturated heterocycles. The van der Waals surface area contributed by atoms with E-state index >= 15 is 0 Å². The lowest BCUT2D eigenvalue weighted by molar-refractivity contribution is 0.0998. The van der Waals surface area contributed by atoms with Gasteiger partial charge in [-0.15, -0.1) is 0 Å². The molecule has 208 valence electrons. The predicted molar refractivity (Wildman–Crippen MR) is 150 cm³/mol. The fourth-order valence-electron chi connectivity index (χ4n) is 5.56. The average Bonchev–Trinajstić information content (AvgIpc) is 3.71. The quantitative estimate of drug-likeness (QED) is 0.303. The Labute approximate surface area is 233 Å². The highest BCUT2D eigenvalue weighted by Gasteiger charge is 2.30. The Bertz CT molecular complexity index is 1850. The molecule has 0 unspecified atom stereocenters. The summed E-state index contributed by atoms with van der Waals surface area (Å²) in [5.41, 5.74) is 9.02. The van der Waals surface area contributed by atoms with E-state index in [4.69, 9.17) is 24.7 Å². The van der Waals surface area contributed by atoms with Crippen LogP contribution >= 0.6 is 0 Å². The summed E-state index contributed by atoms with van der Waals surface area (Å²) in [6, 6.07) is 9.15. The lowest BCUT2D eigenvalue weighted by atomic mass is 10.1. The fourth-order valence-corrected chi connectivity index (χ4v) is 5.56. The Morgan fingerprint density at radius 3 is 2.93 bits per heavy atom. The molecule has 41 heavy (non-hydrogen) atoms. The molecule has 2 aliphatic heterocycles. The van der Waals surface area contributed by atoms with Gasteiger partial charge in [-0.25, -0.2) is 19.0 Å². The van der Waals surface area contributed by atoms with Gasteiger partial charge in [0.1, 0.15) is 29.2 Å². The van der Waals surface area contributed by atoms with Gasteiger partial charge >= 0.3 is 0 Å². The van der Waals surface area contributed by atoms with Crippen molar-refractivity contribution in [1.29, 1.82) is 0 Å². The van der Waals surface area contributed by atoms with Crippen molar-refractivity contribution in [2.45, 2.75) is 25.8 Å². The number of aromatic nitrogens is 4. The summed E-state index contributed by atoms with van der Waals surface area (Å²) in [7, 11) is 0. The number of benzene rings is 2. The zero-order chi connectivity index (χ0) is 28.1. The second kappa shape index (κ2) is 9.81. The molecule has 3 aromatic heterocycles. The molecule has 0 radical (unpaired) electrons. The molecule has 2 aliphatic rings. The summed E-state index contributed by atoms with van der Waals surface area (Å²) in [5.74, 6) is 0.197. The number of nitrogens with zero attached hydrogens (tertiary/aromatic N) is 5. The predicted octanol–water partition coefficient (Wildman–Crippen LogP) is 5.11. The van der Waals surface area contributed by atoms with Crippen molar-refractivity contribution in [3.63, 3.8) is 0 Å². The summed E-state index contributed by atoms with van der Waals surface area (Å²) < 4.78 is 32.8. The molecule has 5 aromatic rings. The van der Waals surface area contributed by atoms with Gasteiger partial charge in [-0.2, -0.15) is 5.10 Å². The highest BCUT2D eigenvalue weighted by atomic mass is 19.1. The fraction of sp³-hybridized carbons (Fsp3) is 0.241. The van der Waals surface area contributed by atoms with E-state index in [0.29, 0.717) is 56.3 Å². The average molecular weight is 556 g/mol. The standard InChI is InChI=1S/C29H26FN7O4/c1-2-9-36-10-3-4-18(13-36)37-28-23(27(31)32-14-33-28)24(35-37)19-6-7-20(26-25(19)39-15-40-26)34-29(38)22-12-16-11-17(30)5-8-21(16)41-22/h2,5-9,11-12,14,18H,3-4,10,13,15H2,1H3,(H,34,38)(H2,31,32,33)/t18-/m1/s1. The third-order valence-corrected chi connectivity index (χ3v) is 7.38. The van der Waals surface area contributed by atoms with Crippen LogP contribution in [0.3, 0.4) is 0 Å². The van der Waals surface area contributed by atoms with E-state index in [9.17, 15) is 9.18 Å². The zero-order valence-electron chi connectivity index (χ0n) is 22.1. The van der Waals surface area contributed by atoms with Crippen LogP contribution in [0, 0.1) is 5.82 Å². The van der Waals surface area contributed by atoms with Gasteiger partial charge in [-0.3, -0.25) is 4.79 Å². The minimum absolute atomic E-state index is 0.0370. The van der Waals surface area contributed by atoms with Crippen LogP contribution in [-0.4, -0.2) is 50.4 Å². The number of allylic oxidation sites excluding steroid dienone is 1. The smallest absolute Gasteiger partial charge is 0.291 e. The number of amides is 1. The van der Waals surface area contributed by atoms with Crippen LogP contribution in [0.25, 0.3) is 33.3 Å². The first-order chi connectivity index (χ1) is 20.0. The van der Waals surface area contributed by atoms with Crippen molar-refractivity contribution in [3.05, 3.63) is 66.6 Å². The molecule has 7 rings (SSSR count). The van der Waals surface area contributed by atoms with E-state index < -0.39 is 11.7 Å². The van der Waals surface area contributed by atoms with Crippen LogP contribution in [0.2, 0.25) is 0 Å². The molecule has 3 N–H and O–H groups in total. The Morgan fingerprint density at radius 2 is 2.05 bits per heavy atom. The SMILES string of the molecule is CC=CN1CCC[C@@H](n2nc(-c3ccc(NC(=O)c4cc5cc(F)ccc5o4)c4c3OCO4)c3c(N)ncnc32)C1. The first kappa shape index (κ1) is 24.9. The van der Waals surface area contributed by atoms with Gasteiger partial charge in [0.05, 0.1) is 17.1 Å². The normalized spacial score (nSPS) is 16.7. The lowest BCUT2D eigenvalue weighted by Crippen LogP contribution is -2.33. The van der Waals surface area contributed by atoms with Crippen LogP contribution in [0.4, 0.5) is 15.9 Å². The summed E-state index contributed by atoms with van der Waals surface area (Å²) >= 11 is 0. The number of anilines is 2. The largest absolute Gasteiger partial charge is 0.453 e. The third kappa shape index (κ3) is 4.28. The van der Waals surface area contributed by atoms with Crippen LogP contribution < -0.4 is 20.5 Å². The molecule has 0 spiro atoms. The number of nitrogens with two attached hydrogens (primary N) is 1. The Kier molecular flexibility index (Phi) is 5.95. The molecule has 0 aliphatic carbocycles. The number of piperidine rings is 1. The van der Waals surface area contributed by atoms with E-state index in [-0.39, 0.29) is 18.6 Å². The maximum absolute atomic E-state index is 13.6. The van der Waals surface area contributed by atoms with E-state index in [1.54, 1.807) is 12.1 Å². The number of rotatable bonds is 5. The Balaban J connectivity index is 1.26. The minimum Gasteiger partial charge on any atom is -0.453 e. The number of halogens is 1. The number of fused-ring (bicyclic) bond motifs is 3. The lowest BCUT2D eigenvalue weighted by Gasteiger charge is -2.32. The van der Waals surface area contributed by atoms with Gasteiger partial charge in [0.25, 0.3) is 5.91 Å². The van der Waals surface area contributed by atoms with E-state index in [1.807, 2.05) is 17.7 Å². The number of hydrogen-bond donors (Lipinski definition) is 2. The van der Waals surface area contributed by atoms with Crippen molar-refractivity contribution in [3.8, 4) is 22.8 Å². The van der Waals surface area contributed by atoms with Gasteiger partial charge in [0, 0.05) is 24.0 Å². The summed E-state index contributed by atoms with van der Waals surface area (Å²) in [5, 5.41) is 8.93. The number of nitrogens with one attached hydrogen (secondary N) is 1. The summed E-state index contributed by atoms with van der Waals surface area (Å²) in [6.07, 6.45) is 7.54. The van der Waals surface area contributed by atoms with Gasteiger partial charge in [0.2, 0.25) is 6.79 Å². The van der Waals surface area contributed by atoms with E-state index in [0.717, 1.165) is 25.9 Å². The molecule has 11 nitrogen and oxygen atoms in total. The van der Waals surface area contributed by atoms with Crippen molar-refractivity contribution >= 4 is 39.4 Å². The van der Waals surface area contributed by atoms with E-state index in [2.05, 4.69) is 26.4 Å². The van der Waals surface area contributed by atoms with Crippen LogP contribution in [0.1, 0.15) is 36.4 Å². The third-order valence-electron chi connectivity index (χ3n) is 7.38. The molecule has 5 heterocycles. The molecule has 12 heteroatoms. The molecule has 0 saturated carbocycles. The van der Waals surface area contributed by atoms with Gasteiger partial charge in [0.15, 0.2) is 22.9 Å². The Morgan fingerprint density at radius 1 is 1.17 bits per heavy atom. The molecule has 1 atom stereocenters. The second-order valence-corrected chi connectivity index (χ2v) is 10.00. The second-order valence-electron chi connectivity index (χ2n) is 10.00. The number of carbonyl (C=O) groups excluding carboxylic acids is 1. The number of ether oxygens (including phenoxy) is 2. The van der Waals surface area contributed by atoms with Crippen molar-refractivity contribution < 1.29 is 23.1 Å².